The second-order valence-electron chi connectivity index (χ2n) is 4.58. The summed E-state index contributed by atoms with van der Waals surface area (Å²) in [6.45, 7) is 3.67. The summed E-state index contributed by atoms with van der Waals surface area (Å²) in [6, 6.07) is 0. The Morgan fingerprint density at radius 2 is 2.06 bits per heavy atom. The molecule has 0 radical (unpaired) electrons. The van der Waals surface area contributed by atoms with E-state index >= 15 is 0 Å². The molecular weight excluding hydrogens is 206 g/mol. The van der Waals surface area contributed by atoms with Crippen LogP contribution in [0.15, 0.2) is 0 Å². The molecule has 1 fully saturated rings. The van der Waals surface area contributed by atoms with E-state index in [9.17, 15) is 9.90 Å². The van der Waals surface area contributed by atoms with Crippen LogP contribution < -0.4 is 5.32 Å². The van der Waals surface area contributed by atoms with E-state index < -0.39 is 0 Å². The monoisotopic (exact) mass is 229 g/mol. The Balaban J connectivity index is 2.05. The first kappa shape index (κ1) is 13.4. The van der Waals surface area contributed by atoms with Crippen LogP contribution in [0.25, 0.3) is 0 Å². The van der Waals surface area contributed by atoms with Gasteiger partial charge in [0.2, 0.25) is 5.91 Å². The number of nitrogens with zero attached hydrogens (tertiary/aromatic N) is 2. The van der Waals surface area contributed by atoms with Crippen LogP contribution in [0, 0.1) is 0 Å². The minimum Gasteiger partial charge on any atom is -0.390 e. The Bertz CT molecular complexity index is 215. The number of rotatable bonds is 6. The van der Waals surface area contributed by atoms with Crippen molar-refractivity contribution in [2.75, 3.05) is 46.8 Å². The van der Waals surface area contributed by atoms with E-state index in [2.05, 4.69) is 10.2 Å². The molecule has 1 saturated heterocycles. The average Bonchev–Trinajstić information content (AvgIpc) is 2.70. The number of amides is 1. The minimum atomic E-state index is -0.381. The first-order valence-corrected chi connectivity index (χ1v) is 5.91. The molecule has 2 N–H and O–H groups in total. The zero-order valence-electron chi connectivity index (χ0n) is 10.3. The smallest absolute Gasteiger partial charge is 0.236 e. The standard InChI is InChI=1S/C11H23N3O2/c1-13(2)11(16)8-12-7-10(15)9-14-5-3-4-6-14/h10,12,15H,3-9H2,1-2H3. The maximum Gasteiger partial charge on any atom is 0.236 e. The molecule has 1 amide bonds. The second kappa shape index (κ2) is 6.83. The Morgan fingerprint density at radius 3 is 2.62 bits per heavy atom. The van der Waals surface area contributed by atoms with Crippen LogP contribution in [0.2, 0.25) is 0 Å². The molecule has 1 aliphatic heterocycles. The van der Waals surface area contributed by atoms with Crippen molar-refractivity contribution in [1.82, 2.24) is 15.1 Å². The van der Waals surface area contributed by atoms with Crippen molar-refractivity contribution in [1.29, 1.82) is 0 Å². The number of hydrogen-bond acceptors (Lipinski definition) is 4. The zero-order chi connectivity index (χ0) is 12.0. The highest BCUT2D eigenvalue weighted by molar-refractivity contribution is 5.77. The lowest BCUT2D eigenvalue weighted by atomic mass is 10.3. The molecule has 1 aliphatic rings. The molecule has 5 nitrogen and oxygen atoms in total. The van der Waals surface area contributed by atoms with Crippen LogP contribution in [-0.4, -0.2) is 73.7 Å². The first-order valence-electron chi connectivity index (χ1n) is 5.91. The predicted octanol–water partition coefficient (Wildman–Crippen LogP) is -0.879. The van der Waals surface area contributed by atoms with E-state index in [-0.39, 0.29) is 12.0 Å². The average molecular weight is 229 g/mol. The lowest BCUT2D eigenvalue weighted by Gasteiger charge is -2.19. The molecule has 0 spiro atoms. The van der Waals surface area contributed by atoms with Crippen molar-refractivity contribution >= 4 is 5.91 Å². The van der Waals surface area contributed by atoms with Crippen LogP contribution in [0.4, 0.5) is 0 Å². The van der Waals surface area contributed by atoms with Gasteiger partial charge in [0.1, 0.15) is 0 Å². The third kappa shape index (κ3) is 4.92. The largest absolute Gasteiger partial charge is 0.390 e. The van der Waals surface area contributed by atoms with E-state index in [4.69, 9.17) is 0 Å². The third-order valence-electron chi connectivity index (χ3n) is 2.82. The Morgan fingerprint density at radius 1 is 1.44 bits per heavy atom. The molecule has 0 aromatic heterocycles. The number of aliphatic hydroxyl groups excluding tert-OH is 1. The molecule has 1 unspecified atom stereocenters. The Hall–Kier alpha value is -0.650. The van der Waals surface area contributed by atoms with Gasteiger partial charge in [0, 0.05) is 27.2 Å². The summed E-state index contributed by atoms with van der Waals surface area (Å²) in [7, 11) is 3.45. The third-order valence-corrected chi connectivity index (χ3v) is 2.82. The minimum absolute atomic E-state index is 0.0355. The van der Waals surface area contributed by atoms with Crippen molar-refractivity contribution < 1.29 is 9.90 Å². The van der Waals surface area contributed by atoms with Crippen LogP contribution >= 0.6 is 0 Å². The van der Waals surface area contributed by atoms with Crippen molar-refractivity contribution in [3.8, 4) is 0 Å². The molecule has 1 atom stereocenters. The van der Waals surface area contributed by atoms with Gasteiger partial charge >= 0.3 is 0 Å². The molecule has 94 valence electrons. The summed E-state index contributed by atoms with van der Waals surface area (Å²) in [5.41, 5.74) is 0. The van der Waals surface area contributed by atoms with Crippen molar-refractivity contribution in [2.45, 2.75) is 18.9 Å². The molecule has 0 aromatic carbocycles. The number of nitrogens with one attached hydrogen (secondary N) is 1. The number of β-amino-alcohol motifs (C(OH)–C–C–N with tert-alkyl or cyclic N) is 1. The van der Waals surface area contributed by atoms with Gasteiger partial charge in [-0.15, -0.1) is 0 Å². The number of hydrogen-bond donors (Lipinski definition) is 2. The highest BCUT2D eigenvalue weighted by atomic mass is 16.3. The van der Waals surface area contributed by atoms with Gasteiger partial charge in [0.15, 0.2) is 0 Å². The Labute approximate surface area is 97.4 Å². The molecule has 0 aliphatic carbocycles. The number of carbonyl (C=O) groups is 1. The summed E-state index contributed by atoms with van der Waals surface area (Å²) >= 11 is 0. The summed E-state index contributed by atoms with van der Waals surface area (Å²) in [5, 5.41) is 12.7. The maximum atomic E-state index is 11.2. The first-order chi connectivity index (χ1) is 7.59. The fraction of sp³-hybridized carbons (Fsp3) is 0.909. The van der Waals surface area contributed by atoms with E-state index in [0.29, 0.717) is 19.6 Å². The SMILES string of the molecule is CN(C)C(=O)CNCC(O)CN1CCCC1. The second-order valence-corrected chi connectivity index (χ2v) is 4.58. The van der Waals surface area contributed by atoms with E-state index in [1.807, 2.05) is 0 Å². The molecule has 16 heavy (non-hydrogen) atoms. The molecule has 0 saturated carbocycles. The quantitative estimate of drug-likeness (QED) is 0.621. The summed E-state index contributed by atoms with van der Waals surface area (Å²) < 4.78 is 0. The summed E-state index contributed by atoms with van der Waals surface area (Å²) in [5.74, 6) is 0.0355. The lowest BCUT2D eigenvalue weighted by Crippen LogP contribution is -2.40. The van der Waals surface area contributed by atoms with Crippen LogP contribution in [0.5, 0.6) is 0 Å². The highest BCUT2D eigenvalue weighted by Crippen LogP contribution is 2.07. The normalized spacial score (nSPS) is 18.7. The van der Waals surface area contributed by atoms with Gasteiger partial charge in [-0.1, -0.05) is 0 Å². The fourth-order valence-corrected chi connectivity index (χ4v) is 1.83. The van der Waals surface area contributed by atoms with Gasteiger partial charge in [0.05, 0.1) is 12.6 Å². The fourth-order valence-electron chi connectivity index (χ4n) is 1.83. The van der Waals surface area contributed by atoms with E-state index in [0.717, 1.165) is 13.1 Å². The van der Waals surface area contributed by atoms with Gasteiger partial charge in [-0.25, -0.2) is 0 Å². The van der Waals surface area contributed by atoms with Gasteiger partial charge in [0.25, 0.3) is 0 Å². The number of likely N-dealkylation sites (tertiary alicyclic amines) is 1. The summed E-state index contributed by atoms with van der Waals surface area (Å²) in [6.07, 6.45) is 2.09. The molecular formula is C11H23N3O2. The van der Waals surface area contributed by atoms with Crippen LogP contribution in [0.3, 0.4) is 0 Å². The number of carbonyl (C=O) groups excluding carboxylic acids is 1. The predicted molar refractivity (Wildman–Crippen MR) is 63.2 cm³/mol. The topological polar surface area (TPSA) is 55.8 Å². The van der Waals surface area contributed by atoms with Gasteiger partial charge < -0.3 is 20.2 Å². The van der Waals surface area contributed by atoms with Gasteiger partial charge in [-0.2, -0.15) is 0 Å². The molecule has 0 aromatic rings. The summed E-state index contributed by atoms with van der Waals surface area (Å²) in [4.78, 5) is 15.0. The van der Waals surface area contributed by atoms with Crippen molar-refractivity contribution in [2.24, 2.45) is 0 Å². The van der Waals surface area contributed by atoms with Crippen LogP contribution in [0.1, 0.15) is 12.8 Å². The molecule has 0 bridgehead atoms. The maximum absolute atomic E-state index is 11.2. The molecule has 1 rings (SSSR count). The van der Waals surface area contributed by atoms with Crippen molar-refractivity contribution in [3.05, 3.63) is 0 Å². The number of likely N-dealkylation sites (N-methyl/N-ethyl adjacent to an activating group) is 1. The highest BCUT2D eigenvalue weighted by Gasteiger charge is 2.15. The van der Waals surface area contributed by atoms with E-state index in [1.165, 1.54) is 12.8 Å². The number of aliphatic hydroxyl groups is 1. The molecule has 5 heteroatoms. The Kier molecular flexibility index (Phi) is 5.73. The van der Waals surface area contributed by atoms with Crippen molar-refractivity contribution in [3.63, 3.8) is 0 Å². The zero-order valence-corrected chi connectivity index (χ0v) is 10.3. The molecule has 1 heterocycles. The van der Waals surface area contributed by atoms with Crippen LogP contribution in [-0.2, 0) is 4.79 Å². The van der Waals surface area contributed by atoms with E-state index in [1.54, 1.807) is 19.0 Å². The lowest BCUT2D eigenvalue weighted by molar-refractivity contribution is -0.127. The van der Waals surface area contributed by atoms with Gasteiger partial charge in [-0.3, -0.25) is 4.79 Å². The van der Waals surface area contributed by atoms with Gasteiger partial charge in [-0.05, 0) is 25.9 Å².